The summed E-state index contributed by atoms with van der Waals surface area (Å²) in [6.07, 6.45) is 0. The van der Waals surface area contributed by atoms with Gasteiger partial charge in [-0.2, -0.15) is 0 Å². The van der Waals surface area contributed by atoms with E-state index in [1.807, 2.05) is 12.1 Å². The lowest BCUT2D eigenvalue weighted by molar-refractivity contribution is 0.645. The van der Waals surface area contributed by atoms with Crippen molar-refractivity contribution in [3.8, 4) is 5.69 Å². The predicted octanol–water partition coefficient (Wildman–Crippen LogP) is 7.05. The highest BCUT2D eigenvalue weighted by Gasteiger charge is 2.19. The lowest BCUT2D eigenvalue weighted by Crippen LogP contribution is -1.92. The maximum atomic E-state index is 6.23. The van der Waals surface area contributed by atoms with Gasteiger partial charge in [0, 0.05) is 25.4 Å². The van der Waals surface area contributed by atoms with Gasteiger partial charge in [0.2, 0.25) is 5.71 Å². The van der Waals surface area contributed by atoms with Crippen LogP contribution in [0, 0.1) is 0 Å². The minimum absolute atomic E-state index is 0.881. The highest BCUT2D eigenvalue weighted by Crippen LogP contribution is 2.39. The van der Waals surface area contributed by atoms with Crippen molar-refractivity contribution in [3.05, 3.63) is 75.7 Å². The Morgan fingerprint density at radius 3 is 2.33 bits per heavy atom. The Kier molecular flexibility index (Phi) is 3.12. The zero-order chi connectivity index (χ0) is 16.3. The fourth-order valence-electron chi connectivity index (χ4n) is 3.31. The van der Waals surface area contributed by atoms with Crippen molar-refractivity contribution < 1.29 is 4.42 Å². The van der Waals surface area contributed by atoms with Crippen LogP contribution < -0.4 is 0 Å². The summed E-state index contributed by atoms with van der Waals surface area (Å²) >= 11 is 7.11. The quantitative estimate of drug-likeness (QED) is 0.273. The lowest BCUT2D eigenvalue weighted by atomic mass is 10.1. The molecule has 0 radical (unpaired) electrons. The van der Waals surface area contributed by atoms with Crippen molar-refractivity contribution in [3.63, 3.8) is 0 Å². The highest BCUT2D eigenvalue weighted by molar-refractivity contribution is 9.10. The minimum atomic E-state index is 0.881. The summed E-state index contributed by atoms with van der Waals surface area (Å²) < 4.78 is 10.5. The van der Waals surface area contributed by atoms with Crippen LogP contribution in [0.5, 0.6) is 0 Å². The lowest BCUT2D eigenvalue weighted by Gasteiger charge is -2.06. The average Bonchev–Trinajstić information content (AvgIpc) is 3.10. The monoisotopic (exact) mass is 439 g/mol. The van der Waals surface area contributed by atoms with Crippen molar-refractivity contribution in [2.45, 2.75) is 0 Å². The molecule has 3 aromatic carbocycles. The highest BCUT2D eigenvalue weighted by atomic mass is 79.9. The van der Waals surface area contributed by atoms with Crippen molar-refractivity contribution in [2.75, 3.05) is 0 Å². The van der Waals surface area contributed by atoms with Gasteiger partial charge in [0.25, 0.3) is 0 Å². The molecule has 2 heterocycles. The van der Waals surface area contributed by atoms with Crippen molar-refractivity contribution in [1.29, 1.82) is 0 Å². The van der Waals surface area contributed by atoms with Gasteiger partial charge in [-0.15, -0.1) is 0 Å². The summed E-state index contributed by atoms with van der Waals surface area (Å²) in [5.74, 6) is 0. The van der Waals surface area contributed by atoms with E-state index in [9.17, 15) is 0 Å². The number of halogens is 2. The van der Waals surface area contributed by atoms with Crippen LogP contribution in [-0.4, -0.2) is 4.57 Å². The summed E-state index contributed by atoms with van der Waals surface area (Å²) in [7, 11) is 0. The number of rotatable bonds is 1. The van der Waals surface area contributed by atoms with Gasteiger partial charge >= 0.3 is 0 Å². The van der Waals surface area contributed by atoms with Crippen LogP contribution in [0.15, 0.2) is 80.1 Å². The number of hydrogen-bond donors (Lipinski definition) is 0. The number of hydrogen-bond acceptors (Lipinski definition) is 1. The molecular weight excluding hydrogens is 430 g/mol. The molecule has 0 saturated heterocycles. The SMILES string of the molecule is Brc1ccc(-n2c3ccc(Br)cc3c3c4ccccc4oc32)cc1. The molecule has 5 aromatic rings. The Bertz CT molecular complexity index is 1220. The molecule has 5 rings (SSSR count). The Hall–Kier alpha value is -2.04. The number of benzene rings is 3. The Labute approximate surface area is 154 Å². The van der Waals surface area contributed by atoms with Gasteiger partial charge in [-0.1, -0.05) is 50.1 Å². The van der Waals surface area contributed by atoms with E-state index < -0.39 is 0 Å². The topological polar surface area (TPSA) is 18.1 Å². The summed E-state index contributed by atoms with van der Waals surface area (Å²) in [4.78, 5) is 0. The van der Waals surface area contributed by atoms with Crippen LogP contribution in [0.1, 0.15) is 0 Å². The van der Waals surface area contributed by atoms with E-state index in [0.717, 1.165) is 42.2 Å². The largest absolute Gasteiger partial charge is 0.439 e. The van der Waals surface area contributed by atoms with Gasteiger partial charge in [0.15, 0.2) is 0 Å². The normalized spacial score (nSPS) is 11.8. The average molecular weight is 441 g/mol. The summed E-state index contributed by atoms with van der Waals surface area (Å²) in [5, 5.41) is 3.49. The van der Waals surface area contributed by atoms with E-state index in [1.54, 1.807) is 0 Å². The number of para-hydroxylation sites is 1. The molecule has 0 aliphatic heterocycles. The number of aromatic nitrogens is 1. The zero-order valence-electron chi connectivity index (χ0n) is 12.5. The molecule has 116 valence electrons. The van der Waals surface area contributed by atoms with E-state index >= 15 is 0 Å². The molecule has 4 heteroatoms. The Morgan fingerprint density at radius 1 is 0.750 bits per heavy atom. The molecule has 24 heavy (non-hydrogen) atoms. The van der Waals surface area contributed by atoms with E-state index in [1.165, 1.54) is 5.39 Å². The fourth-order valence-corrected chi connectivity index (χ4v) is 3.94. The van der Waals surface area contributed by atoms with Crippen molar-refractivity contribution >= 4 is 64.8 Å². The van der Waals surface area contributed by atoms with E-state index in [4.69, 9.17) is 4.42 Å². The van der Waals surface area contributed by atoms with Gasteiger partial charge < -0.3 is 4.42 Å². The minimum Gasteiger partial charge on any atom is -0.439 e. The van der Waals surface area contributed by atoms with Gasteiger partial charge in [-0.3, -0.25) is 4.57 Å². The molecule has 0 atom stereocenters. The van der Waals surface area contributed by atoms with Gasteiger partial charge in [0.05, 0.1) is 10.9 Å². The number of furan rings is 1. The molecule has 0 fully saturated rings. The number of nitrogens with zero attached hydrogens (tertiary/aromatic N) is 1. The van der Waals surface area contributed by atoms with Crippen molar-refractivity contribution in [1.82, 2.24) is 4.57 Å². The van der Waals surface area contributed by atoms with Gasteiger partial charge in [-0.25, -0.2) is 0 Å². The molecule has 2 nitrogen and oxygen atoms in total. The zero-order valence-corrected chi connectivity index (χ0v) is 15.6. The molecule has 0 aliphatic rings. The van der Waals surface area contributed by atoms with Gasteiger partial charge in [-0.05, 0) is 48.5 Å². The van der Waals surface area contributed by atoms with Gasteiger partial charge in [0.1, 0.15) is 5.58 Å². The third kappa shape index (κ3) is 2.00. The molecule has 2 aromatic heterocycles. The molecule has 0 spiro atoms. The Morgan fingerprint density at radius 2 is 1.50 bits per heavy atom. The first-order valence-electron chi connectivity index (χ1n) is 7.59. The third-order valence-electron chi connectivity index (χ3n) is 4.33. The molecule has 0 unspecified atom stereocenters. The van der Waals surface area contributed by atoms with Crippen LogP contribution in [-0.2, 0) is 0 Å². The van der Waals surface area contributed by atoms with E-state index in [0.29, 0.717) is 0 Å². The third-order valence-corrected chi connectivity index (χ3v) is 5.36. The smallest absolute Gasteiger partial charge is 0.213 e. The first-order chi connectivity index (χ1) is 11.7. The summed E-state index contributed by atoms with van der Waals surface area (Å²) in [6, 6.07) is 22.8. The molecule has 0 amide bonds. The van der Waals surface area contributed by atoms with Crippen LogP contribution in [0.2, 0.25) is 0 Å². The van der Waals surface area contributed by atoms with Crippen LogP contribution in [0.3, 0.4) is 0 Å². The summed E-state index contributed by atoms with van der Waals surface area (Å²) in [6.45, 7) is 0. The second-order valence-electron chi connectivity index (χ2n) is 5.75. The van der Waals surface area contributed by atoms with Crippen molar-refractivity contribution in [2.24, 2.45) is 0 Å². The summed E-state index contributed by atoms with van der Waals surface area (Å²) in [5.41, 5.74) is 4.02. The standard InChI is InChI=1S/C20H11Br2NO/c21-12-5-8-14(9-6-12)23-17-10-7-13(22)11-16(17)19-15-3-1-2-4-18(15)24-20(19)23/h1-11H. The fraction of sp³-hybridized carbons (Fsp3) is 0. The molecule has 0 bridgehead atoms. The maximum absolute atomic E-state index is 6.23. The molecule has 0 aliphatic carbocycles. The predicted molar refractivity (Wildman–Crippen MR) is 106 cm³/mol. The number of fused-ring (bicyclic) bond motifs is 5. The van der Waals surface area contributed by atoms with E-state index in [-0.39, 0.29) is 0 Å². The second-order valence-corrected chi connectivity index (χ2v) is 7.58. The van der Waals surface area contributed by atoms with Crippen LogP contribution in [0.25, 0.3) is 38.7 Å². The first kappa shape index (κ1) is 14.3. The van der Waals surface area contributed by atoms with Crippen LogP contribution >= 0.6 is 31.9 Å². The molecule has 0 saturated carbocycles. The molecular formula is C20H11Br2NO. The molecule has 0 N–H and O–H groups in total. The maximum Gasteiger partial charge on any atom is 0.213 e. The second kappa shape index (κ2) is 5.23. The van der Waals surface area contributed by atoms with E-state index in [2.05, 4.69) is 91.0 Å². The van der Waals surface area contributed by atoms with Crippen LogP contribution in [0.4, 0.5) is 0 Å². The Balaban J connectivity index is 2.02. The first-order valence-corrected chi connectivity index (χ1v) is 9.18.